The van der Waals surface area contributed by atoms with Gasteiger partial charge in [0.05, 0.1) is 5.56 Å². The van der Waals surface area contributed by atoms with Crippen LogP contribution in [0.3, 0.4) is 0 Å². The average Bonchev–Trinajstić information content (AvgIpc) is 2.96. The number of tetrazole rings is 1. The van der Waals surface area contributed by atoms with E-state index in [2.05, 4.69) is 25.6 Å². The van der Waals surface area contributed by atoms with Crippen LogP contribution in [0.5, 0.6) is 0 Å². The number of H-pyrrole nitrogens is 1. The molecule has 3 aromatic rings. The number of rotatable bonds is 2. The molecule has 0 radical (unpaired) electrons. The molecular weight excluding hydrogens is 224 g/mol. The smallest absolute Gasteiger partial charge is 0.337 e. The molecule has 3 heterocycles. The van der Waals surface area contributed by atoms with Gasteiger partial charge in [0.25, 0.3) is 0 Å². The van der Waals surface area contributed by atoms with E-state index in [1.54, 1.807) is 16.7 Å². The van der Waals surface area contributed by atoms with Crippen LogP contribution in [0.4, 0.5) is 0 Å². The Hall–Kier alpha value is -2.77. The van der Waals surface area contributed by atoms with Crippen LogP contribution >= 0.6 is 0 Å². The van der Waals surface area contributed by atoms with E-state index in [1.807, 2.05) is 0 Å². The van der Waals surface area contributed by atoms with E-state index in [0.717, 1.165) is 0 Å². The Kier molecular flexibility index (Phi) is 1.87. The standard InChI is InChI=1S/C9H6N6O2/c16-9(17)5-1-2-7-10-6(4-15(7)3-5)8-11-13-14-12-8/h1-4H,(H,16,17)(H,11,12,13,14). The largest absolute Gasteiger partial charge is 0.478 e. The molecule has 0 aliphatic carbocycles. The number of carboxylic acids is 1. The highest BCUT2D eigenvalue weighted by atomic mass is 16.4. The van der Waals surface area contributed by atoms with E-state index < -0.39 is 5.97 Å². The van der Waals surface area contributed by atoms with Crippen LogP contribution in [0.1, 0.15) is 10.4 Å². The Morgan fingerprint density at radius 2 is 2.24 bits per heavy atom. The lowest BCUT2D eigenvalue weighted by atomic mass is 10.3. The van der Waals surface area contributed by atoms with Gasteiger partial charge in [-0.15, -0.1) is 5.10 Å². The summed E-state index contributed by atoms with van der Waals surface area (Å²) < 4.78 is 1.61. The zero-order chi connectivity index (χ0) is 11.8. The number of nitrogens with zero attached hydrogens (tertiary/aromatic N) is 5. The molecule has 0 unspecified atom stereocenters. The first-order valence-corrected chi connectivity index (χ1v) is 4.70. The predicted molar refractivity (Wildman–Crippen MR) is 55.3 cm³/mol. The van der Waals surface area contributed by atoms with Gasteiger partial charge < -0.3 is 9.51 Å². The number of fused-ring (bicyclic) bond motifs is 1. The van der Waals surface area contributed by atoms with Crippen LogP contribution in [0, 0.1) is 0 Å². The Balaban J connectivity index is 2.16. The first-order chi connectivity index (χ1) is 8.24. The molecule has 0 fully saturated rings. The molecule has 0 saturated carbocycles. The topological polar surface area (TPSA) is 109 Å². The normalized spacial score (nSPS) is 10.8. The number of aromatic nitrogens is 6. The van der Waals surface area contributed by atoms with Gasteiger partial charge in [-0.2, -0.15) is 0 Å². The molecule has 0 aliphatic rings. The molecule has 8 heteroatoms. The third-order valence-corrected chi connectivity index (χ3v) is 2.29. The van der Waals surface area contributed by atoms with Crippen molar-refractivity contribution in [3.8, 4) is 11.5 Å². The molecule has 2 N–H and O–H groups in total. The first kappa shape index (κ1) is 9.46. The van der Waals surface area contributed by atoms with Gasteiger partial charge in [-0.25, -0.2) is 14.9 Å². The van der Waals surface area contributed by atoms with E-state index in [9.17, 15) is 4.79 Å². The summed E-state index contributed by atoms with van der Waals surface area (Å²) in [6.45, 7) is 0. The molecule has 0 bridgehead atoms. The fourth-order valence-corrected chi connectivity index (χ4v) is 1.50. The van der Waals surface area contributed by atoms with Crippen LogP contribution in [0.25, 0.3) is 17.2 Å². The number of pyridine rings is 1. The van der Waals surface area contributed by atoms with E-state index in [1.165, 1.54) is 12.3 Å². The van der Waals surface area contributed by atoms with Crippen molar-refractivity contribution in [3.05, 3.63) is 30.1 Å². The van der Waals surface area contributed by atoms with E-state index >= 15 is 0 Å². The number of nitrogens with one attached hydrogen (secondary N) is 1. The molecule has 3 aromatic heterocycles. The second-order valence-corrected chi connectivity index (χ2v) is 3.36. The lowest BCUT2D eigenvalue weighted by molar-refractivity contribution is 0.0696. The second-order valence-electron chi connectivity index (χ2n) is 3.36. The fraction of sp³-hybridized carbons (Fsp3) is 0. The molecule has 0 spiro atoms. The van der Waals surface area contributed by atoms with Crippen molar-refractivity contribution < 1.29 is 9.90 Å². The number of aromatic carboxylic acids is 1. The van der Waals surface area contributed by atoms with E-state index in [-0.39, 0.29) is 5.56 Å². The Labute approximate surface area is 93.9 Å². The van der Waals surface area contributed by atoms with Gasteiger partial charge >= 0.3 is 5.97 Å². The molecule has 0 saturated heterocycles. The highest BCUT2D eigenvalue weighted by molar-refractivity contribution is 5.87. The van der Waals surface area contributed by atoms with Crippen molar-refractivity contribution in [1.29, 1.82) is 0 Å². The summed E-state index contributed by atoms with van der Waals surface area (Å²) in [5, 5.41) is 22.1. The van der Waals surface area contributed by atoms with E-state index in [4.69, 9.17) is 5.11 Å². The monoisotopic (exact) mass is 230 g/mol. The summed E-state index contributed by atoms with van der Waals surface area (Å²) in [4.78, 5) is 15.1. The van der Waals surface area contributed by atoms with E-state index in [0.29, 0.717) is 17.2 Å². The third-order valence-electron chi connectivity index (χ3n) is 2.29. The average molecular weight is 230 g/mol. The number of hydrogen-bond acceptors (Lipinski definition) is 5. The lowest BCUT2D eigenvalue weighted by Crippen LogP contribution is -1.97. The summed E-state index contributed by atoms with van der Waals surface area (Å²) >= 11 is 0. The summed E-state index contributed by atoms with van der Waals surface area (Å²) in [5.74, 6) is -0.547. The number of imidazole rings is 1. The van der Waals surface area contributed by atoms with Crippen molar-refractivity contribution >= 4 is 11.6 Å². The van der Waals surface area contributed by atoms with Gasteiger partial charge in [-0.05, 0) is 22.6 Å². The Morgan fingerprint density at radius 1 is 1.35 bits per heavy atom. The van der Waals surface area contributed by atoms with Crippen molar-refractivity contribution in [3.63, 3.8) is 0 Å². The number of aromatic amines is 1. The number of carboxylic acid groups (broad SMARTS) is 1. The second kappa shape index (κ2) is 3.37. The summed E-state index contributed by atoms with van der Waals surface area (Å²) in [6.07, 6.45) is 3.14. The molecule has 17 heavy (non-hydrogen) atoms. The molecule has 0 atom stereocenters. The molecule has 0 aliphatic heterocycles. The summed E-state index contributed by atoms with van der Waals surface area (Å²) in [5.41, 5.74) is 1.37. The third kappa shape index (κ3) is 1.51. The maximum absolute atomic E-state index is 10.8. The highest BCUT2D eigenvalue weighted by Crippen LogP contribution is 2.14. The van der Waals surface area contributed by atoms with Gasteiger partial charge in [-0.1, -0.05) is 0 Å². The predicted octanol–water partition coefficient (Wildman–Crippen LogP) is 0.213. The molecular formula is C9H6N6O2. The van der Waals surface area contributed by atoms with Gasteiger partial charge in [0, 0.05) is 12.4 Å². The molecule has 3 rings (SSSR count). The molecule has 0 aromatic carbocycles. The van der Waals surface area contributed by atoms with Crippen LogP contribution < -0.4 is 0 Å². The maximum atomic E-state index is 10.8. The number of hydrogen-bond donors (Lipinski definition) is 2. The highest BCUT2D eigenvalue weighted by Gasteiger charge is 2.09. The van der Waals surface area contributed by atoms with Crippen molar-refractivity contribution in [2.24, 2.45) is 0 Å². The first-order valence-electron chi connectivity index (χ1n) is 4.70. The minimum absolute atomic E-state index is 0.192. The van der Waals surface area contributed by atoms with Gasteiger partial charge in [0.15, 0.2) is 5.82 Å². The van der Waals surface area contributed by atoms with Gasteiger partial charge in [0.1, 0.15) is 11.3 Å². The quantitative estimate of drug-likeness (QED) is 0.651. The molecule has 84 valence electrons. The van der Waals surface area contributed by atoms with Gasteiger partial charge in [-0.3, -0.25) is 0 Å². The fourth-order valence-electron chi connectivity index (χ4n) is 1.50. The SMILES string of the molecule is O=C(O)c1ccc2nc(-c3nnn[nH]3)cn2c1. The van der Waals surface area contributed by atoms with Crippen molar-refractivity contribution in [2.75, 3.05) is 0 Å². The van der Waals surface area contributed by atoms with Crippen LogP contribution in [-0.4, -0.2) is 41.1 Å². The van der Waals surface area contributed by atoms with Crippen molar-refractivity contribution in [2.45, 2.75) is 0 Å². The van der Waals surface area contributed by atoms with Gasteiger partial charge in [0.2, 0.25) is 0 Å². The van der Waals surface area contributed by atoms with Crippen LogP contribution in [-0.2, 0) is 0 Å². The minimum Gasteiger partial charge on any atom is -0.478 e. The zero-order valence-electron chi connectivity index (χ0n) is 8.40. The zero-order valence-corrected chi connectivity index (χ0v) is 8.40. The van der Waals surface area contributed by atoms with Crippen LogP contribution in [0.2, 0.25) is 0 Å². The number of carbonyl (C=O) groups is 1. The van der Waals surface area contributed by atoms with Crippen LogP contribution in [0.15, 0.2) is 24.5 Å². The minimum atomic E-state index is -0.983. The molecule has 8 nitrogen and oxygen atoms in total. The lowest BCUT2D eigenvalue weighted by Gasteiger charge is -1.95. The summed E-state index contributed by atoms with van der Waals surface area (Å²) in [7, 11) is 0. The Morgan fingerprint density at radius 3 is 2.94 bits per heavy atom. The molecule has 0 amide bonds. The maximum Gasteiger partial charge on any atom is 0.337 e. The summed E-state index contributed by atoms with van der Waals surface area (Å²) in [6, 6.07) is 3.11. The Bertz CT molecular complexity index is 687. The van der Waals surface area contributed by atoms with Crippen molar-refractivity contribution in [1.82, 2.24) is 30.0 Å².